The number of hydrogen-bond acceptors (Lipinski definition) is 8. The van der Waals surface area contributed by atoms with Crippen LogP contribution in [0.4, 0.5) is 17.2 Å². The van der Waals surface area contributed by atoms with E-state index in [1.54, 1.807) is 12.3 Å². The quantitative estimate of drug-likeness (QED) is 0.405. The summed E-state index contributed by atoms with van der Waals surface area (Å²) in [4.78, 5) is 27.2. The number of nitrogens with one attached hydrogen (secondary N) is 1. The highest BCUT2D eigenvalue weighted by atomic mass is 35.5. The standard InChI is InChI=1S/C9H11N3O2.C5H3ClN2O2.C4H9N/c13-12(14)8-2-1-5-10-9(8)11-6-7-3-4-7;6-5-4(8(9)10)2-1-3-7-5;5-3-4-1-2-4/h1-2,5,7H,3-4,6H2,(H,10,11);1-3H;4H,1-3,5H2. The molecule has 2 fully saturated rings. The molecule has 11 heteroatoms. The number of halogens is 1. The van der Waals surface area contributed by atoms with Gasteiger partial charge in [0.1, 0.15) is 0 Å². The Balaban J connectivity index is 0.000000173. The predicted octanol–water partition coefficient (Wildman–Crippen LogP) is 3.81. The Morgan fingerprint density at radius 1 is 1.00 bits per heavy atom. The van der Waals surface area contributed by atoms with Gasteiger partial charge in [-0.25, -0.2) is 9.97 Å². The third-order valence-electron chi connectivity index (χ3n) is 4.20. The average Bonchev–Trinajstić information content (AvgIpc) is 3.62. The van der Waals surface area contributed by atoms with Crippen molar-refractivity contribution in [2.24, 2.45) is 17.6 Å². The Bertz CT molecular complexity index is 830. The fourth-order valence-corrected chi connectivity index (χ4v) is 2.30. The zero-order valence-electron chi connectivity index (χ0n) is 15.7. The SMILES string of the molecule is NCC1CC1.O=[N+]([O-])c1cccnc1Cl.O=[N+]([O-])c1cccnc1NCC1CC1. The molecule has 2 aromatic rings. The number of nitro groups is 2. The fraction of sp³-hybridized carbons (Fsp3) is 0.444. The smallest absolute Gasteiger partial charge is 0.311 e. The molecular weight excluding hydrogens is 400 g/mol. The maximum atomic E-state index is 10.6. The molecule has 0 unspecified atom stereocenters. The number of rotatable bonds is 6. The van der Waals surface area contributed by atoms with E-state index in [0.29, 0.717) is 11.7 Å². The monoisotopic (exact) mass is 422 g/mol. The molecule has 2 aromatic heterocycles. The van der Waals surface area contributed by atoms with Gasteiger partial charge in [0.15, 0.2) is 0 Å². The number of aromatic nitrogens is 2. The van der Waals surface area contributed by atoms with Gasteiger partial charge in [-0.2, -0.15) is 0 Å². The Hall–Kier alpha value is -2.85. The van der Waals surface area contributed by atoms with Crippen LogP contribution in [0.15, 0.2) is 36.7 Å². The van der Waals surface area contributed by atoms with Gasteiger partial charge in [0.2, 0.25) is 11.0 Å². The van der Waals surface area contributed by atoms with Crippen molar-refractivity contribution in [2.45, 2.75) is 25.7 Å². The summed E-state index contributed by atoms with van der Waals surface area (Å²) in [6.45, 7) is 1.71. The zero-order chi connectivity index (χ0) is 21.2. The zero-order valence-corrected chi connectivity index (χ0v) is 16.5. The molecule has 2 saturated carbocycles. The van der Waals surface area contributed by atoms with Crippen LogP contribution < -0.4 is 11.1 Å². The van der Waals surface area contributed by atoms with Gasteiger partial charge in [-0.1, -0.05) is 11.6 Å². The molecule has 0 atom stereocenters. The van der Waals surface area contributed by atoms with E-state index < -0.39 is 9.85 Å². The van der Waals surface area contributed by atoms with Gasteiger partial charge in [-0.3, -0.25) is 20.2 Å². The van der Waals surface area contributed by atoms with E-state index in [1.165, 1.54) is 50.1 Å². The number of nitrogens with two attached hydrogens (primary N) is 1. The maximum absolute atomic E-state index is 10.6. The van der Waals surface area contributed by atoms with E-state index in [4.69, 9.17) is 17.3 Å². The van der Waals surface area contributed by atoms with Crippen LogP contribution in [0, 0.1) is 32.1 Å². The second-order valence-corrected chi connectivity index (χ2v) is 7.06. The molecule has 0 bridgehead atoms. The van der Waals surface area contributed by atoms with Crippen molar-refractivity contribution in [1.29, 1.82) is 0 Å². The first-order valence-electron chi connectivity index (χ1n) is 9.20. The molecular formula is C18H23ClN6O4. The third kappa shape index (κ3) is 8.36. The minimum Gasteiger partial charge on any atom is -0.364 e. The van der Waals surface area contributed by atoms with Gasteiger partial charge < -0.3 is 11.1 Å². The lowest BCUT2D eigenvalue weighted by Gasteiger charge is -2.03. The molecule has 4 rings (SSSR count). The van der Waals surface area contributed by atoms with E-state index >= 15 is 0 Å². The summed E-state index contributed by atoms with van der Waals surface area (Å²) < 4.78 is 0. The lowest BCUT2D eigenvalue weighted by molar-refractivity contribution is -0.385. The predicted molar refractivity (Wildman–Crippen MR) is 110 cm³/mol. The summed E-state index contributed by atoms with van der Waals surface area (Å²) in [5.41, 5.74) is 5.12. The molecule has 2 aliphatic carbocycles. The highest BCUT2D eigenvalue weighted by Crippen LogP contribution is 2.30. The second-order valence-electron chi connectivity index (χ2n) is 6.70. The van der Waals surface area contributed by atoms with Gasteiger partial charge >= 0.3 is 11.4 Å². The molecule has 10 nitrogen and oxygen atoms in total. The molecule has 29 heavy (non-hydrogen) atoms. The number of nitrogens with zero attached hydrogens (tertiary/aromatic N) is 4. The Morgan fingerprint density at radius 2 is 1.55 bits per heavy atom. The molecule has 0 radical (unpaired) electrons. The highest BCUT2D eigenvalue weighted by molar-refractivity contribution is 6.31. The molecule has 3 N–H and O–H groups in total. The van der Waals surface area contributed by atoms with Crippen LogP contribution in [0.3, 0.4) is 0 Å². The van der Waals surface area contributed by atoms with Crippen molar-refractivity contribution >= 4 is 28.8 Å². The van der Waals surface area contributed by atoms with Crippen LogP contribution in [0.5, 0.6) is 0 Å². The molecule has 0 spiro atoms. The molecule has 156 valence electrons. The first-order valence-corrected chi connectivity index (χ1v) is 9.58. The van der Waals surface area contributed by atoms with Crippen LogP contribution in [0.2, 0.25) is 5.15 Å². The van der Waals surface area contributed by atoms with Crippen LogP contribution in [-0.4, -0.2) is 32.9 Å². The summed E-state index contributed by atoms with van der Waals surface area (Å²) in [6.07, 6.45) is 8.16. The molecule has 0 aromatic carbocycles. The second kappa shape index (κ2) is 11.2. The Labute approximate surface area is 172 Å². The summed E-state index contributed by atoms with van der Waals surface area (Å²) in [7, 11) is 0. The third-order valence-corrected chi connectivity index (χ3v) is 4.50. The molecule has 2 heterocycles. The van der Waals surface area contributed by atoms with Crippen molar-refractivity contribution in [3.05, 3.63) is 62.0 Å². The van der Waals surface area contributed by atoms with Gasteiger partial charge in [0.05, 0.1) is 9.85 Å². The van der Waals surface area contributed by atoms with Crippen LogP contribution in [-0.2, 0) is 0 Å². The topological polar surface area (TPSA) is 150 Å². The van der Waals surface area contributed by atoms with Gasteiger partial charge in [0.25, 0.3) is 0 Å². The van der Waals surface area contributed by atoms with E-state index in [2.05, 4.69) is 15.3 Å². The number of hydrogen-bond donors (Lipinski definition) is 2. The minimum atomic E-state index is -0.574. The first-order chi connectivity index (χ1) is 13.9. The molecule has 0 saturated heterocycles. The normalized spacial score (nSPS) is 14.6. The summed E-state index contributed by atoms with van der Waals surface area (Å²) >= 11 is 5.37. The Kier molecular flexibility index (Phi) is 8.68. The minimum absolute atomic E-state index is 0.0492. The van der Waals surface area contributed by atoms with E-state index in [1.807, 2.05) is 0 Å². The van der Waals surface area contributed by atoms with Crippen molar-refractivity contribution in [3.63, 3.8) is 0 Å². The number of anilines is 1. The van der Waals surface area contributed by atoms with Gasteiger partial charge in [-0.15, -0.1) is 0 Å². The first kappa shape index (κ1) is 22.4. The summed E-state index contributed by atoms with van der Waals surface area (Å²) in [5, 5.41) is 23.6. The van der Waals surface area contributed by atoms with Gasteiger partial charge in [0, 0.05) is 31.1 Å². The lowest BCUT2D eigenvalue weighted by atomic mass is 10.3. The van der Waals surface area contributed by atoms with E-state index in [-0.39, 0.29) is 16.5 Å². The fourth-order valence-electron chi connectivity index (χ4n) is 2.11. The van der Waals surface area contributed by atoms with Crippen LogP contribution in [0.25, 0.3) is 0 Å². The van der Waals surface area contributed by atoms with Crippen molar-refractivity contribution in [2.75, 3.05) is 18.4 Å². The van der Waals surface area contributed by atoms with Crippen LogP contribution >= 0.6 is 11.6 Å². The van der Waals surface area contributed by atoms with Crippen molar-refractivity contribution in [1.82, 2.24) is 9.97 Å². The largest absolute Gasteiger partial charge is 0.364 e. The van der Waals surface area contributed by atoms with E-state index in [0.717, 1.165) is 19.0 Å². The Morgan fingerprint density at radius 3 is 1.97 bits per heavy atom. The molecule has 2 aliphatic rings. The van der Waals surface area contributed by atoms with Crippen molar-refractivity contribution in [3.8, 4) is 0 Å². The lowest BCUT2D eigenvalue weighted by Crippen LogP contribution is -2.07. The molecule has 0 aliphatic heterocycles. The average molecular weight is 423 g/mol. The summed E-state index contributed by atoms with van der Waals surface area (Å²) in [5.74, 6) is 1.97. The highest BCUT2D eigenvalue weighted by Gasteiger charge is 2.22. The summed E-state index contributed by atoms with van der Waals surface area (Å²) in [6, 6.07) is 5.79. The van der Waals surface area contributed by atoms with Crippen molar-refractivity contribution < 1.29 is 9.85 Å². The van der Waals surface area contributed by atoms with Gasteiger partial charge in [-0.05, 0) is 56.2 Å². The molecule has 0 amide bonds. The maximum Gasteiger partial charge on any atom is 0.311 e. The van der Waals surface area contributed by atoms with Crippen LogP contribution in [0.1, 0.15) is 25.7 Å². The number of pyridine rings is 2. The van der Waals surface area contributed by atoms with E-state index in [9.17, 15) is 20.2 Å².